The summed E-state index contributed by atoms with van der Waals surface area (Å²) in [4.78, 5) is 70.1. The van der Waals surface area contributed by atoms with Gasteiger partial charge in [-0.3, -0.25) is 38.5 Å². The van der Waals surface area contributed by atoms with E-state index in [0.717, 1.165) is 23.8 Å². The van der Waals surface area contributed by atoms with Crippen molar-refractivity contribution in [3.05, 3.63) is 113 Å². The van der Waals surface area contributed by atoms with Gasteiger partial charge in [-0.05, 0) is 74.4 Å². The summed E-state index contributed by atoms with van der Waals surface area (Å²) in [5.41, 5.74) is 2.48. The Kier molecular flexibility index (Phi) is 10.6. The molecule has 302 valence electrons. The number of hydrogen-bond donors (Lipinski definition) is 4. The summed E-state index contributed by atoms with van der Waals surface area (Å²) in [5, 5.41) is 20.0. The standard InChI is InChI=1S/C42H39F2N9O6/c1-22-8-13-34(40(56)48-22)53-41(57)27-6-5-7-35(36(27)42(53)58)59-21-25-20-52(51-50-25)15-4-3-14-46-38(54)26-12-9-23(16-31(26)43)28-17-29-33(18-32(28)44)47-19-30(37(29)45-2)39(55)49-24-10-11-24/h5-7,9,12,16-20,24,34H,1,3-4,8,10-11,13-15,21H2,2H3,(H,45,47)(H,46,54)(H,48,56)(H,49,55). The van der Waals surface area contributed by atoms with Crippen molar-refractivity contribution in [2.75, 3.05) is 18.9 Å². The van der Waals surface area contributed by atoms with Gasteiger partial charge in [0.25, 0.3) is 23.6 Å². The number of allylic oxidation sites excluding steroid dienone is 1. The number of nitrogens with zero attached hydrogens (tertiary/aromatic N) is 5. The fraction of sp³-hybridized carbons (Fsp3) is 0.286. The maximum absolute atomic E-state index is 15.3. The summed E-state index contributed by atoms with van der Waals surface area (Å²) in [6, 6.07) is 10.5. The van der Waals surface area contributed by atoms with Crippen LogP contribution in [0.3, 0.4) is 0 Å². The van der Waals surface area contributed by atoms with Crippen LogP contribution >= 0.6 is 0 Å². The van der Waals surface area contributed by atoms with Crippen molar-refractivity contribution in [1.29, 1.82) is 0 Å². The minimum atomic E-state index is -0.939. The van der Waals surface area contributed by atoms with Crippen LogP contribution in [0.25, 0.3) is 22.0 Å². The number of ether oxygens (including phenoxy) is 1. The van der Waals surface area contributed by atoms with Crippen LogP contribution in [-0.4, -0.2) is 80.1 Å². The molecule has 3 aromatic carbocycles. The van der Waals surface area contributed by atoms with E-state index in [9.17, 15) is 24.0 Å². The predicted molar refractivity (Wildman–Crippen MR) is 210 cm³/mol. The van der Waals surface area contributed by atoms with Gasteiger partial charge in [0.2, 0.25) is 5.91 Å². The van der Waals surface area contributed by atoms with Crippen molar-refractivity contribution >= 4 is 46.1 Å². The number of fused-ring (bicyclic) bond motifs is 2. The van der Waals surface area contributed by atoms with Gasteiger partial charge in [-0.1, -0.05) is 23.9 Å². The van der Waals surface area contributed by atoms with Gasteiger partial charge < -0.3 is 26.0 Å². The van der Waals surface area contributed by atoms with Crippen molar-refractivity contribution in [3.63, 3.8) is 0 Å². The van der Waals surface area contributed by atoms with Crippen molar-refractivity contribution < 1.29 is 37.5 Å². The topological polar surface area (TPSA) is 190 Å². The molecule has 3 aliphatic rings. The highest BCUT2D eigenvalue weighted by molar-refractivity contribution is 6.24. The molecule has 5 amide bonds. The van der Waals surface area contributed by atoms with Gasteiger partial charge in [0, 0.05) is 55.1 Å². The minimum Gasteiger partial charge on any atom is -0.486 e. The number of unbranched alkanes of at least 4 members (excludes halogenated alkanes) is 1. The number of aromatic nitrogens is 4. The average molecular weight is 804 g/mol. The quantitative estimate of drug-likeness (QED) is 0.0890. The number of rotatable bonds is 14. The second kappa shape index (κ2) is 16.1. The molecule has 5 aromatic rings. The molecule has 4 heterocycles. The van der Waals surface area contributed by atoms with Gasteiger partial charge in [-0.15, -0.1) is 5.10 Å². The first-order valence-electron chi connectivity index (χ1n) is 19.2. The molecule has 1 saturated heterocycles. The summed E-state index contributed by atoms with van der Waals surface area (Å²) in [6.07, 6.45) is 6.79. The lowest BCUT2D eigenvalue weighted by atomic mass is 9.99. The predicted octanol–water partition coefficient (Wildman–Crippen LogP) is 4.88. The number of aryl methyl sites for hydroxylation is 1. The normalized spacial score (nSPS) is 16.3. The molecule has 1 atom stereocenters. The molecule has 17 heteroatoms. The van der Waals surface area contributed by atoms with Gasteiger partial charge in [-0.2, -0.15) is 0 Å². The number of carbonyl (C=O) groups excluding carboxylic acids is 5. The number of halogens is 2. The zero-order chi connectivity index (χ0) is 41.4. The monoisotopic (exact) mass is 803 g/mol. The molecule has 1 aliphatic carbocycles. The number of pyridine rings is 1. The number of anilines is 1. The third-order valence-corrected chi connectivity index (χ3v) is 10.5. The number of amides is 5. The number of hydrogen-bond acceptors (Lipinski definition) is 10. The fourth-order valence-electron chi connectivity index (χ4n) is 7.28. The van der Waals surface area contributed by atoms with Crippen molar-refractivity contribution in [1.82, 2.24) is 40.8 Å². The molecular formula is C42H39F2N9O6. The molecule has 4 N–H and O–H groups in total. The average Bonchev–Trinajstić information content (AvgIpc) is 3.86. The molecule has 0 spiro atoms. The third-order valence-electron chi connectivity index (χ3n) is 10.5. The highest BCUT2D eigenvalue weighted by Gasteiger charge is 2.45. The number of nitrogens with one attached hydrogen (secondary N) is 4. The van der Waals surface area contributed by atoms with Crippen LogP contribution in [0.15, 0.2) is 73.2 Å². The van der Waals surface area contributed by atoms with Gasteiger partial charge in [0.1, 0.15) is 35.7 Å². The highest BCUT2D eigenvalue weighted by Crippen LogP contribution is 2.36. The Hall–Kier alpha value is -7.04. The van der Waals surface area contributed by atoms with E-state index >= 15 is 8.78 Å². The van der Waals surface area contributed by atoms with Crippen molar-refractivity contribution in [2.45, 2.75) is 63.8 Å². The second-order valence-corrected chi connectivity index (χ2v) is 14.6. The van der Waals surface area contributed by atoms with Gasteiger partial charge in [0.15, 0.2) is 0 Å². The molecule has 15 nitrogen and oxygen atoms in total. The number of imide groups is 1. The zero-order valence-electron chi connectivity index (χ0n) is 31.9. The lowest BCUT2D eigenvalue weighted by Crippen LogP contribution is -2.51. The lowest BCUT2D eigenvalue weighted by Gasteiger charge is -2.29. The van der Waals surface area contributed by atoms with Crippen LogP contribution in [0.4, 0.5) is 14.5 Å². The maximum Gasteiger partial charge on any atom is 0.266 e. The van der Waals surface area contributed by atoms with E-state index in [1.54, 1.807) is 30.1 Å². The van der Waals surface area contributed by atoms with Gasteiger partial charge >= 0.3 is 0 Å². The van der Waals surface area contributed by atoms with Crippen LogP contribution in [0.5, 0.6) is 5.75 Å². The highest BCUT2D eigenvalue weighted by atomic mass is 19.1. The van der Waals surface area contributed by atoms with Gasteiger partial charge in [0.05, 0.1) is 39.7 Å². The number of benzene rings is 3. The van der Waals surface area contributed by atoms with Crippen LogP contribution in [0.1, 0.15) is 85.7 Å². The van der Waals surface area contributed by atoms with E-state index < -0.39 is 41.3 Å². The van der Waals surface area contributed by atoms with Crippen molar-refractivity contribution in [3.8, 4) is 16.9 Å². The summed E-state index contributed by atoms with van der Waals surface area (Å²) in [7, 11) is 1.66. The molecule has 2 aliphatic heterocycles. The van der Waals surface area contributed by atoms with Crippen molar-refractivity contribution in [2.24, 2.45) is 0 Å². The molecule has 0 bridgehead atoms. The van der Waals surface area contributed by atoms with Crippen LogP contribution in [-0.2, 0) is 17.9 Å². The minimum absolute atomic E-state index is 0.0379. The van der Waals surface area contributed by atoms with E-state index in [4.69, 9.17) is 4.74 Å². The van der Waals surface area contributed by atoms with Crippen LogP contribution in [0, 0.1) is 11.6 Å². The Morgan fingerprint density at radius 2 is 1.80 bits per heavy atom. The molecule has 1 unspecified atom stereocenters. The van der Waals surface area contributed by atoms with E-state index in [1.165, 1.54) is 36.5 Å². The SMILES string of the molecule is C=C1CCC(N2C(=O)c3cccc(OCc4cn(CCCCNC(=O)c5ccc(-c6cc7c(NC)c(C(=O)NC8CC8)cnc7cc6F)cc5F)nn4)c3C2=O)C(=O)N1. The Morgan fingerprint density at radius 1 is 0.966 bits per heavy atom. The second-order valence-electron chi connectivity index (χ2n) is 14.6. The lowest BCUT2D eigenvalue weighted by molar-refractivity contribution is -0.125. The van der Waals surface area contributed by atoms with E-state index in [2.05, 4.69) is 43.1 Å². The third kappa shape index (κ3) is 7.82. The first-order chi connectivity index (χ1) is 28.5. The van der Waals surface area contributed by atoms with E-state index in [1.807, 2.05) is 0 Å². The fourth-order valence-corrected chi connectivity index (χ4v) is 7.28. The first kappa shape index (κ1) is 38.8. The van der Waals surface area contributed by atoms with E-state index in [0.29, 0.717) is 59.4 Å². The Balaban J connectivity index is 0.831. The van der Waals surface area contributed by atoms with Gasteiger partial charge in [-0.25, -0.2) is 8.78 Å². The maximum atomic E-state index is 15.3. The Morgan fingerprint density at radius 3 is 2.56 bits per heavy atom. The summed E-state index contributed by atoms with van der Waals surface area (Å²) >= 11 is 0. The Labute approximate surface area is 336 Å². The smallest absolute Gasteiger partial charge is 0.266 e. The molecule has 59 heavy (non-hydrogen) atoms. The summed E-state index contributed by atoms with van der Waals surface area (Å²) < 4.78 is 38.1. The zero-order valence-corrected chi connectivity index (χ0v) is 31.9. The summed E-state index contributed by atoms with van der Waals surface area (Å²) in [6.45, 7) is 4.42. The molecule has 0 radical (unpaired) electrons. The van der Waals surface area contributed by atoms with Crippen LogP contribution < -0.4 is 26.0 Å². The van der Waals surface area contributed by atoms with E-state index in [-0.39, 0.29) is 65.1 Å². The first-order valence-corrected chi connectivity index (χ1v) is 19.2. The molecule has 2 aromatic heterocycles. The molecule has 1 saturated carbocycles. The Bertz CT molecular complexity index is 2570. The number of piperidine rings is 1. The largest absolute Gasteiger partial charge is 0.486 e. The molecule has 8 rings (SSSR count). The number of carbonyl (C=O) groups is 5. The van der Waals surface area contributed by atoms with Crippen LogP contribution in [0.2, 0.25) is 0 Å². The molecular weight excluding hydrogens is 765 g/mol. The summed E-state index contributed by atoms with van der Waals surface area (Å²) in [5.74, 6) is -3.79. The molecule has 2 fully saturated rings.